The van der Waals surface area contributed by atoms with E-state index in [0.717, 1.165) is 5.56 Å². The van der Waals surface area contributed by atoms with Gasteiger partial charge in [-0.25, -0.2) is 0 Å². The van der Waals surface area contributed by atoms with Crippen molar-refractivity contribution in [2.24, 2.45) is 0 Å². The lowest BCUT2D eigenvalue weighted by atomic mass is 10.1. The van der Waals surface area contributed by atoms with E-state index < -0.39 is 0 Å². The van der Waals surface area contributed by atoms with E-state index in [1.807, 2.05) is 24.3 Å². The molecule has 1 aromatic rings. The van der Waals surface area contributed by atoms with E-state index in [-0.39, 0.29) is 0 Å². The Kier molecular flexibility index (Phi) is 1.68. The van der Waals surface area contributed by atoms with Crippen molar-refractivity contribution in [3.63, 3.8) is 0 Å². The third-order valence-corrected chi connectivity index (χ3v) is 1.95. The van der Waals surface area contributed by atoms with Crippen molar-refractivity contribution in [2.75, 3.05) is 0 Å². The second kappa shape index (κ2) is 2.83. The van der Waals surface area contributed by atoms with E-state index in [2.05, 4.69) is 12.1 Å². The first-order chi connectivity index (χ1) is 5.88. The van der Waals surface area contributed by atoms with Crippen LogP contribution in [0.2, 0.25) is 0 Å². The van der Waals surface area contributed by atoms with Crippen LogP contribution < -0.4 is 0 Å². The van der Waals surface area contributed by atoms with Crippen LogP contribution in [-0.4, -0.2) is 0 Å². The van der Waals surface area contributed by atoms with E-state index in [4.69, 9.17) is 5.26 Å². The molecule has 0 amide bonds. The van der Waals surface area contributed by atoms with Gasteiger partial charge in [0.2, 0.25) is 0 Å². The molecule has 1 nitrogen and oxygen atoms in total. The maximum absolute atomic E-state index is 8.56. The molecule has 0 spiro atoms. The minimum absolute atomic E-state index is 0.730. The molecule has 0 saturated heterocycles. The molecule has 0 atom stereocenters. The van der Waals surface area contributed by atoms with Crippen molar-refractivity contribution in [1.29, 1.82) is 5.26 Å². The van der Waals surface area contributed by atoms with Gasteiger partial charge in [0.25, 0.3) is 0 Å². The van der Waals surface area contributed by atoms with E-state index in [1.165, 1.54) is 24.0 Å². The Hall–Kier alpha value is -1.55. The molecule has 58 valence electrons. The third kappa shape index (κ3) is 1.54. The Bertz CT molecular complexity index is 346. The van der Waals surface area contributed by atoms with Crippen molar-refractivity contribution >= 4 is 6.08 Å². The highest BCUT2D eigenvalue weighted by molar-refractivity contribution is 5.57. The van der Waals surface area contributed by atoms with Gasteiger partial charge in [-0.1, -0.05) is 23.8 Å². The molecule has 0 radical (unpaired) electrons. The normalized spacial score (nSPS) is 13.8. The van der Waals surface area contributed by atoms with Crippen LogP contribution in [0, 0.1) is 11.3 Å². The second-order valence-corrected chi connectivity index (χ2v) is 3.04. The highest BCUT2D eigenvalue weighted by Crippen LogP contribution is 2.29. The van der Waals surface area contributed by atoms with Crippen LogP contribution in [0.1, 0.15) is 24.0 Å². The van der Waals surface area contributed by atoms with Gasteiger partial charge < -0.3 is 0 Å². The van der Waals surface area contributed by atoms with E-state index in [1.54, 1.807) is 0 Å². The van der Waals surface area contributed by atoms with Crippen molar-refractivity contribution in [2.45, 2.75) is 12.8 Å². The summed E-state index contributed by atoms with van der Waals surface area (Å²) in [5.41, 5.74) is 3.45. The molecule has 1 aliphatic rings. The summed E-state index contributed by atoms with van der Waals surface area (Å²) in [5, 5.41) is 8.56. The van der Waals surface area contributed by atoms with Crippen molar-refractivity contribution < 1.29 is 0 Å². The monoisotopic (exact) mass is 155 g/mol. The summed E-state index contributed by atoms with van der Waals surface area (Å²) in [7, 11) is 0. The van der Waals surface area contributed by atoms with Crippen LogP contribution in [0.4, 0.5) is 0 Å². The van der Waals surface area contributed by atoms with Gasteiger partial charge in [-0.15, -0.1) is 0 Å². The first-order valence-electron chi connectivity index (χ1n) is 4.08. The molecule has 1 saturated carbocycles. The van der Waals surface area contributed by atoms with Gasteiger partial charge in [-0.3, -0.25) is 0 Å². The average molecular weight is 155 g/mol. The van der Waals surface area contributed by atoms with Gasteiger partial charge in [0.05, 0.1) is 11.6 Å². The smallest absolute Gasteiger partial charge is 0.0991 e. The molecule has 0 N–H and O–H groups in total. The summed E-state index contributed by atoms with van der Waals surface area (Å²) in [6.07, 6.45) is 4.70. The fourth-order valence-corrected chi connectivity index (χ4v) is 1.11. The molecule has 12 heavy (non-hydrogen) atoms. The maximum atomic E-state index is 8.56. The van der Waals surface area contributed by atoms with Crippen LogP contribution in [0.3, 0.4) is 0 Å². The lowest BCUT2D eigenvalue weighted by Gasteiger charge is -1.91. The molecule has 0 aromatic heterocycles. The predicted octanol–water partition coefficient (Wildman–Crippen LogP) is 2.74. The second-order valence-electron chi connectivity index (χ2n) is 3.04. The highest BCUT2D eigenvalue weighted by Gasteiger charge is 2.09. The summed E-state index contributed by atoms with van der Waals surface area (Å²) in [6, 6.07) is 9.79. The SMILES string of the molecule is N#Cc1ccc(C=C2CC2)cc1. The van der Waals surface area contributed by atoms with Gasteiger partial charge in [-0.05, 0) is 30.5 Å². The Balaban J connectivity index is 2.25. The Morgan fingerprint density at radius 1 is 1.17 bits per heavy atom. The maximum Gasteiger partial charge on any atom is 0.0991 e. The quantitative estimate of drug-likeness (QED) is 0.611. The molecule has 1 aromatic carbocycles. The van der Waals surface area contributed by atoms with Gasteiger partial charge in [-0.2, -0.15) is 5.26 Å². The van der Waals surface area contributed by atoms with Crippen LogP contribution in [0.25, 0.3) is 6.08 Å². The molecule has 1 fully saturated rings. The van der Waals surface area contributed by atoms with Gasteiger partial charge >= 0.3 is 0 Å². The first-order valence-corrected chi connectivity index (χ1v) is 4.08. The fourth-order valence-electron chi connectivity index (χ4n) is 1.11. The summed E-state index contributed by atoms with van der Waals surface area (Å²) < 4.78 is 0. The minimum atomic E-state index is 0.730. The number of hydrogen-bond donors (Lipinski definition) is 0. The van der Waals surface area contributed by atoms with Gasteiger partial charge in [0.1, 0.15) is 0 Å². The van der Waals surface area contributed by atoms with Crippen LogP contribution in [0.5, 0.6) is 0 Å². The zero-order valence-electron chi connectivity index (χ0n) is 6.75. The van der Waals surface area contributed by atoms with Crippen LogP contribution >= 0.6 is 0 Å². The summed E-state index contributed by atoms with van der Waals surface area (Å²) in [6.45, 7) is 0. The number of allylic oxidation sites excluding steroid dienone is 1. The predicted molar refractivity (Wildman–Crippen MR) is 48.4 cm³/mol. The van der Waals surface area contributed by atoms with Gasteiger partial charge in [0, 0.05) is 0 Å². The Morgan fingerprint density at radius 3 is 2.33 bits per heavy atom. The fraction of sp³-hybridized carbons (Fsp3) is 0.182. The Morgan fingerprint density at radius 2 is 1.83 bits per heavy atom. The molecule has 0 bridgehead atoms. The minimum Gasteiger partial charge on any atom is -0.192 e. The summed E-state index contributed by atoms with van der Waals surface area (Å²) >= 11 is 0. The zero-order chi connectivity index (χ0) is 8.39. The standard InChI is InChI=1S/C11H9N/c12-8-11-5-3-10(4-6-11)7-9-1-2-9/h3-7H,1-2H2. The summed E-state index contributed by atoms with van der Waals surface area (Å²) in [4.78, 5) is 0. The lowest BCUT2D eigenvalue weighted by Crippen LogP contribution is -1.74. The van der Waals surface area contributed by atoms with Crippen molar-refractivity contribution in [3.8, 4) is 6.07 Å². The van der Waals surface area contributed by atoms with Crippen LogP contribution in [-0.2, 0) is 0 Å². The molecule has 2 rings (SSSR count). The number of nitriles is 1. The molecule has 0 unspecified atom stereocenters. The molecular formula is C11H9N. The molecule has 1 heteroatoms. The largest absolute Gasteiger partial charge is 0.192 e. The zero-order valence-corrected chi connectivity index (χ0v) is 6.75. The number of nitrogens with zero attached hydrogens (tertiary/aromatic N) is 1. The number of benzene rings is 1. The highest BCUT2D eigenvalue weighted by atomic mass is 14.2. The number of hydrogen-bond acceptors (Lipinski definition) is 1. The first kappa shape index (κ1) is 7.12. The molecule has 1 aliphatic carbocycles. The van der Waals surface area contributed by atoms with E-state index in [0.29, 0.717) is 0 Å². The Labute approximate surface area is 72.0 Å². The molecular weight excluding hydrogens is 146 g/mol. The average Bonchev–Trinajstić information content (AvgIpc) is 2.90. The number of rotatable bonds is 1. The topological polar surface area (TPSA) is 23.8 Å². The van der Waals surface area contributed by atoms with Gasteiger partial charge in [0.15, 0.2) is 0 Å². The van der Waals surface area contributed by atoms with Crippen molar-refractivity contribution in [3.05, 3.63) is 41.0 Å². The van der Waals surface area contributed by atoms with E-state index in [9.17, 15) is 0 Å². The lowest BCUT2D eigenvalue weighted by molar-refractivity contribution is 1.48. The third-order valence-electron chi connectivity index (χ3n) is 1.95. The molecule has 0 aliphatic heterocycles. The molecule has 0 heterocycles. The van der Waals surface area contributed by atoms with Crippen molar-refractivity contribution in [1.82, 2.24) is 0 Å². The summed E-state index contributed by atoms with van der Waals surface area (Å²) in [5.74, 6) is 0. The van der Waals surface area contributed by atoms with Crippen LogP contribution in [0.15, 0.2) is 29.8 Å². The van der Waals surface area contributed by atoms with E-state index >= 15 is 0 Å².